The largest absolute Gasteiger partial charge is 0.468 e. The van der Waals surface area contributed by atoms with Crippen LogP contribution in [0.1, 0.15) is 16.1 Å². The van der Waals surface area contributed by atoms with Gasteiger partial charge in [-0.25, -0.2) is 17.9 Å². The van der Waals surface area contributed by atoms with E-state index < -0.39 is 22.0 Å². The van der Waals surface area contributed by atoms with Crippen molar-refractivity contribution >= 4 is 33.4 Å². The molecule has 33 heavy (non-hydrogen) atoms. The van der Waals surface area contributed by atoms with E-state index in [0.717, 1.165) is 0 Å². The molecule has 0 saturated heterocycles. The van der Waals surface area contributed by atoms with Gasteiger partial charge in [0.15, 0.2) is 0 Å². The lowest BCUT2D eigenvalue weighted by molar-refractivity contribution is 0.102. The van der Waals surface area contributed by atoms with Gasteiger partial charge in [0.2, 0.25) is 10.0 Å². The van der Waals surface area contributed by atoms with Gasteiger partial charge >= 0.3 is 6.09 Å². The topological polar surface area (TPSA) is 136 Å². The standard InChI is InChI=1S/C22H23N3O7S/c1-30-12-13-32-22(27)25-18-5-2-4-17(14-18)24-21(26)16-7-9-20(10-8-16)33(28,29)23-15-19-6-3-11-31-19/h2-11,14,23H,12-13,15H2,1H3,(H,24,26)(H,25,27). The van der Waals surface area contributed by atoms with Gasteiger partial charge in [-0.1, -0.05) is 6.07 Å². The van der Waals surface area contributed by atoms with Crippen LogP contribution >= 0.6 is 0 Å². The molecule has 0 atom stereocenters. The summed E-state index contributed by atoms with van der Waals surface area (Å²) in [6.45, 7) is 0.411. The van der Waals surface area contributed by atoms with Crippen molar-refractivity contribution in [1.82, 2.24) is 4.72 Å². The van der Waals surface area contributed by atoms with Gasteiger partial charge in [0.1, 0.15) is 12.4 Å². The molecule has 1 aromatic heterocycles. The Bertz CT molecular complexity index is 1180. The summed E-state index contributed by atoms with van der Waals surface area (Å²) in [4.78, 5) is 24.3. The molecule has 0 aliphatic heterocycles. The van der Waals surface area contributed by atoms with E-state index in [9.17, 15) is 18.0 Å². The quantitative estimate of drug-likeness (QED) is 0.385. The molecule has 3 aromatic rings. The van der Waals surface area contributed by atoms with Crippen LogP contribution < -0.4 is 15.4 Å². The summed E-state index contributed by atoms with van der Waals surface area (Å²) in [5.41, 5.74) is 1.13. The average Bonchev–Trinajstić information content (AvgIpc) is 3.32. The minimum absolute atomic E-state index is 0.0157. The van der Waals surface area contributed by atoms with Crippen molar-refractivity contribution in [3.8, 4) is 0 Å². The van der Waals surface area contributed by atoms with Gasteiger partial charge in [-0.3, -0.25) is 10.1 Å². The van der Waals surface area contributed by atoms with Crippen molar-refractivity contribution in [2.24, 2.45) is 0 Å². The number of rotatable bonds is 10. The van der Waals surface area contributed by atoms with Crippen LogP contribution in [0.5, 0.6) is 0 Å². The Morgan fingerprint density at radius 3 is 2.33 bits per heavy atom. The fourth-order valence-corrected chi connectivity index (χ4v) is 3.69. The third kappa shape index (κ3) is 7.17. The van der Waals surface area contributed by atoms with Crippen molar-refractivity contribution in [3.05, 3.63) is 78.3 Å². The van der Waals surface area contributed by atoms with Crippen molar-refractivity contribution in [1.29, 1.82) is 0 Å². The van der Waals surface area contributed by atoms with Crippen LogP contribution in [0.2, 0.25) is 0 Å². The van der Waals surface area contributed by atoms with Crippen molar-refractivity contribution in [2.75, 3.05) is 31.0 Å². The summed E-state index contributed by atoms with van der Waals surface area (Å²) in [5.74, 6) is 0.0387. The predicted molar refractivity (Wildman–Crippen MR) is 120 cm³/mol. The summed E-state index contributed by atoms with van der Waals surface area (Å²) in [5, 5.41) is 5.25. The van der Waals surface area contributed by atoms with Crippen molar-refractivity contribution in [3.63, 3.8) is 0 Å². The van der Waals surface area contributed by atoms with E-state index in [0.29, 0.717) is 17.1 Å². The Kier molecular flexibility index (Phi) is 8.19. The highest BCUT2D eigenvalue weighted by Gasteiger charge is 2.16. The molecule has 0 bridgehead atoms. The van der Waals surface area contributed by atoms with E-state index in [-0.39, 0.29) is 30.2 Å². The fourth-order valence-electron chi connectivity index (χ4n) is 2.70. The maximum absolute atomic E-state index is 12.5. The number of sulfonamides is 1. The van der Waals surface area contributed by atoms with E-state index in [4.69, 9.17) is 13.9 Å². The Morgan fingerprint density at radius 1 is 0.939 bits per heavy atom. The number of benzene rings is 2. The molecule has 0 fully saturated rings. The van der Waals surface area contributed by atoms with E-state index in [2.05, 4.69) is 15.4 Å². The van der Waals surface area contributed by atoms with Gasteiger partial charge in [-0.2, -0.15) is 0 Å². The summed E-state index contributed by atoms with van der Waals surface area (Å²) < 4.78 is 42.1. The molecule has 3 rings (SSSR count). The molecule has 3 N–H and O–H groups in total. The maximum Gasteiger partial charge on any atom is 0.411 e. The molecular formula is C22H23N3O7S. The first-order chi connectivity index (χ1) is 15.9. The molecular weight excluding hydrogens is 450 g/mol. The molecule has 0 aliphatic carbocycles. The second-order valence-corrected chi connectivity index (χ2v) is 8.48. The fraction of sp³-hybridized carbons (Fsp3) is 0.182. The van der Waals surface area contributed by atoms with Crippen LogP contribution in [0.25, 0.3) is 0 Å². The highest BCUT2D eigenvalue weighted by atomic mass is 32.2. The zero-order valence-electron chi connectivity index (χ0n) is 17.7. The molecule has 2 amide bonds. The number of carbonyl (C=O) groups excluding carboxylic acids is 2. The minimum atomic E-state index is -3.77. The van der Waals surface area contributed by atoms with Crippen LogP contribution in [0.4, 0.5) is 16.2 Å². The first-order valence-electron chi connectivity index (χ1n) is 9.83. The SMILES string of the molecule is COCCOC(=O)Nc1cccc(NC(=O)c2ccc(S(=O)(=O)NCc3ccco3)cc2)c1. The minimum Gasteiger partial charge on any atom is -0.468 e. The monoisotopic (exact) mass is 473 g/mol. The van der Waals surface area contributed by atoms with Gasteiger partial charge in [0.05, 0.1) is 24.3 Å². The average molecular weight is 474 g/mol. The second kappa shape index (κ2) is 11.3. The van der Waals surface area contributed by atoms with E-state index in [1.807, 2.05) is 0 Å². The van der Waals surface area contributed by atoms with Crippen LogP contribution in [0.3, 0.4) is 0 Å². The Labute approximate surface area is 190 Å². The smallest absolute Gasteiger partial charge is 0.411 e. The molecule has 10 nitrogen and oxygen atoms in total. The molecule has 0 unspecified atom stereocenters. The first kappa shape index (κ1) is 24.0. The Morgan fingerprint density at radius 2 is 1.67 bits per heavy atom. The van der Waals surface area contributed by atoms with Crippen LogP contribution in [0.15, 0.2) is 76.2 Å². The molecule has 1 heterocycles. The lowest BCUT2D eigenvalue weighted by atomic mass is 10.2. The second-order valence-electron chi connectivity index (χ2n) is 6.72. The van der Waals surface area contributed by atoms with Gasteiger partial charge in [-0.15, -0.1) is 0 Å². The molecule has 0 radical (unpaired) electrons. The lowest BCUT2D eigenvalue weighted by Gasteiger charge is -2.10. The van der Waals surface area contributed by atoms with Gasteiger partial charge in [-0.05, 0) is 54.6 Å². The molecule has 2 aromatic carbocycles. The highest BCUT2D eigenvalue weighted by molar-refractivity contribution is 7.89. The van der Waals surface area contributed by atoms with Gasteiger partial charge in [0.25, 0.3) is 5.91 Å². The zero-order chi connectivity index (χ0) is 23.7. The van der Waals surface area contributed by atoms with E-state index >= 15 is 0 Å². The number of ether oxygens (including phenoxy) is 2. The van der Waals surface area contributed by atoms with Gasteiger partial charge < -0.3 is 19.2 Å². The predicted octanol–water partition coefficient (Wildman–Crippen LogP) is 3.21. The number of anilines is 2. The Hall–Kier alpha value is -3.67. The zero-order valence-corrected chi connectivity index (χ0v) is 18.6. The van der Waals surface area contributed by atoms with Crippen LogP contribution in [-0.2, 0) is 26.0 Å². The summed E-state index contributed by atoms with van der Waals surface area (Å²) in [6, 6.07) is 15.3. The normalized spacial score (nSPS) is 11.1. The number of carbonyl (C=O) groups is 2. The third-order valence-electron chi connectivity index (χ3n) is 4.33. The number of amides is 2. The van der Waals surface area contributed by atoms with Crippen molar-refractivity contribution in [2.45, 2.75) is 11.4 Å². The summed E-state index contributed by atoms with van der Waals surface area (Å²) in [6.07, 6.45) is 0.810. The van der Waals surface area contributed by atoms with E-state index in [1.54, 1.807) is 36.4 Å². The molecule has 0 aliphatic rings. The highest BCUT2D eigenvalue weighted by Crippen LogP contribution is 2.17. The third-order valence-corrected chi connectivity index (χ3v) is 5.75. The number of furan rings is 1. The molecule has 0 saturated carbocycles. The number of hydrogen-bond donors (Lipinski definition) is 3. The molecule has 174 valence electrons. The van der Waals surface area contributed by atoms with Gasteiger partial charge in [0, 0.05) is 24.0 Å². The number of methoxy groups -OCH3 is 1. The van der Waals surface area contributed by atoms with Crippen molar-refractivity contribution < 1.29 is 31.9 Å². The summed E-state index contributed by atoms with van der Waals surface area (Å²) in [7, 11) is -2.27. The number of hydrogen-bond acceptors (Lipinski definition) is 7. The maximum atomic E-state index is 12.5. The lowest BCUT2D eigenvalue weighted by Crippen LogP contribution is -2.23. The Balaban J connectivity index is 1.58. The van der Waals surface area contributed by atoms with Crippen LogP contribution in [-0.4, -0.2) is 40.7 Å². The first-order valence-corrected chi connectivity index (χ1v) is 11.3. The van der Waals surface area contributed by atoms with E-state index in [1.165, 1.54) is 37.6 Å². The van der Waals surface area contributed by atoms with Crippen LogP contribution in [0, 0.1) is 0 Å². The summed E-state index contributed by atoms with van der Waals surface area (Å²) >= 11 is 0. The molecule has 0 spiro atoms. The molecule has 11 heteroatoms. The number of nitrogens with one attached hydrogen (secondary N) is 3.